The summed E-state index contributed by atoms with van der Waals surface area (Å²) in [6.07, 6.45) is 7.20. The van der Waals surface area contributed by atoms with Gasteiger partial charge in [-0.3, -0.25) is 13.8 Å². The number of thioether (sulfide) groups is 1. The van der Waals surface area contributed by atoms with Crippen LogP contribution in [-0.4, -0.2) is 24.9 Å². The van der Waals surface area contributed by atoms with E-state index in [0.29, 0.717) is 5.69 Å². The molecule has 24 heavy (non-hydrogen) atoms. The fourth-order valence-corrected chi connectivity index (χ4v) is 3.93. The first-order chi connectivity index (χ1) is 11.6. The lowest BCUT2D eigenvalue weighted by Gasteiger charge is -2.24. The van der Waals surface area contributed by atoms with Gasteiger partial charge in [-0.05, 0) is 37.0 Å². The molecule has 0 unspecified atom stereocenters. The van der Waals surface area contributed by atoms with Crippen LogP contribution in [0.5, 0.6) is 0 Å². The van der Waals surface area contributed by atoms with Crippen molar-refractivity contribution < 1.29 is 4.39 Å². The lowest BCUT2D eigenvalue weighted by molar-refractivity contribution is 0.353. The molecule has 124 valence electrons. The highest BCUT2D eigenvalue weighted by Crippen LogP contribution is 2.31. The largest absolute Gasteiger partial charge is 0.300 e. The number of aromatic nitrogens is 4. The molecule has 0 N–H and O–H groups in total. The molecule has 0 bridgehead atoms. The molecule has 4 rings (SSSR count). The minimum absolute atomic E-state index is 0.0301. The highest BCUT2D eigenvalue weighted by molar-refractivity contribution is 7.99. The summed E-state index contributed by atoms with van der Waals surface area (Å²) in [5.41, 5.74) is 0.415. The highest BCUT2D eigenvalue weighted by Gasteiger charge is 2.19. The Morgan fingerprint density at radius 1 is 1.29 bits per heavy atom. The Morgan fingerprint density at radius 3 is 2.83 bits per heavy atom. The van der Waals surface area contributed by atoms with E-state index in [4.69, 9.17) is 11.6 Å². The molecule has 1 fully saturated rings. The average molecular weight is 365 g/mol. The minimum Gasteiger partial charge on any atom is -0.280 e. The van der Waals surface area contributed by atoms with Crippen molar-refractivity contribution in [2.75, 3.05) is 5.75 Å². The Morgan fingerprint density at radius 2 is 2.12 bits per heavy atom. The first-order valence-electron chi connectivity index (χ1n) is 7.68. The molecule has 1 aliphatic rings. The molecule has 0 atom stereocenters. The van der Waals surface area contributed by atoms with Gasteiger partial charge in [0.1, 0.15) is 5.82 Å². The van der Waals surface area contributed by atoms with Gasteiger partial charge in [0.15, 0.2) is 5.16 Å². The van der Waals surface area contributed by atoms with Crippen LogP contribution in [0.25, 0.3) is 11.3 Å². The number of nitrogens with zero attached hydrogens (tertiary/aromatic N) is 4. The van der Waals surface area contributed by atoms with Crippen LogP contribution in [0.4, 0.5) is 4.39 Å². The Kier molecular flexibility index (Phi) is 4.05. The monoisotopic (exact) mass is 364 g/mol. The molecule has 0 radical (unpaired) electrons. The Balaban J connectivity index is 1.70. The number of benzene rings is 1. The van der Waals surface area contributed by atoms with E-state index < -0.39 is 5.82 Å². The quantitative estimate of drug-likeness (QED) is 0.664. The zero-order valence-corrected chi connectivity index (χ0v) is 14.2. The summed E-state index contributed by atoms with van der Waals surface area (Å²) in [6, 6.07) is 4.15. The molecular weight excluding hydrogens is 351 g/mol. The van der Waals surface area contributed by atoms with Crippen molar-refractivity contribution in [3.63, 3.8) is 0 Å². The fourth-order valence-electron chi connectivity index (χ4n) is 2.65. The Labute approximate surface area is 146 Å². The molecule has 1 aliphatic carbocycles. The number of rotatable bonds is 4. The highest BCUT2D eigenvalue weighted by atomic mass is 35.5. The third-order valence-electron chi connectivity index (χ3n) is 4.29. The molecule has 1 aromatic carbocycles. The van der Waals surface area contributed by atoms with Crippen LogP contribution in [0.15, 0.2) is 40.5 Å². The summed E-state index contributed by atoms with van der Waals surface area (Å²) < 4.78 is 16.4. The van der Waals surface area contributed by atoms with Gasteiger partial charge >= 0.3 is 5.56 Å². The molecule has 0 saturated heterocycles. The Bertz CT molecular complexity index is 966. The molecule has 0 amide bonds. The number of halogens is 2. The van der Waals surface area contributed by atoms with Crippen LogP contribution < -0.4 is 5.56 Å². The van der Waals surface area contributed by atoms with Crippen LogP contribution in [0, 0.1) is 11.7 Å². The standard InChI is InChI=1S/C16H14ClFN4OS/c17-12-8-11(4-5-13(12)18)21-6-7-22-14(15(21)23)19-20-16(22)24-9-10-2-1-3-10/h4-8,10H,1-3,9H2. The molecule has 1 saturated carbocycles. The van der Waals surface area contributed by atoms with Crippen molar-refractivity contribution >= 4 is 29.0 Å². The Hall–Kier alpha value is -1.86. The molecule has 8 heteroatoms. The number of hydrogen-bond acceptors (Lipinski definition) is 4. The van der Waals surface area contributed by atoms with Gasteiger partial charge in [0.25, 0.3) is 0 Å². The summed E-state index contributed by atoms with van der Waals surface area (Å²) in [6.45, 7) is 0. The van der Waals surface area contributed by atoms with Crippen LogP contribution in [0.3, 0.4) is 0 Å². The summed E-state index contributed by atoms with van der Waals surface area (Å²) in [5.74, 6) is 1.22. The SMILES string of the molecule is O=c1c2nnc(SCC3CCC3)n2ccn1-c1ccc(F)c(Cl)c1. The second-order valence-corrected chi connectivity index (χ2v) is 7.25. The topological polar surface area (TPSA) is 52.2 Å². The maximum atomic E-state index is 13.3. The van der Waals surface area contributed by atoms with Crippen molar-refractivity contribution in [3.05, 3.63) is 51.8 Å². The lowest BCUT2D eigenvalue weighted by Crippen LogP contribution is -2.20. The molecule has 2 heterocycles. The van der Waals surface area contributed by atoms with Crippen molar-refractivity contribution in [2.45, 2.75) is 24.4 Å². The smallest absolute Gasteiger partial charge is 0.280 e. The average Bonchev–Trinajstić information content (AvgIpc) is 2.93. The molecule has 0 aliphatic heterocycles. The van der Waals surface area contributed by atoms with E-state index in [1.54, 1.807) is 28.6 Å². The van der Waals surface area contributed by atoms with Crippen LogP contribution >= 0.6 is 23.4 Å². The van der Waals surface area contributed by atoms with Crippen LogP contribution in [0.2, 0.25) is 5.02 Å². The van der Waals surface area contributed by atoms with E-state index in [9.17, 15) is 9.18 Å². The van der Waals surface area contributed by atoms with Gasteiger partial charge in [0.05, 0.1) is 10.7 Å². The van der Waals surface area contributed by atoms with Crippen LogP contribution in [-0.2, 0) is 0 Å². The second-order valence-electron chi connectivity index (χ2n) is 5.86. The van der Waals surface area contributed by atoms with E-state index in [0.717, 1.165) is 16.8 Å². The maximum Gasteiger partial charge on any atom is 0.300 e. The van der Waals surface area contributed by atoms with Gasteiger partial charge in [0.2, 0.25) is 5.65 Å². The van der Waals surface area contributed by atoms with E-state index >= 15 is 0 Å². The second kappa shape index (κ2) is 6.22. The molecule has 2 aromatic heterocycles. The number of hydrogen-bond donors (Lipinski definition) is 0. The third kappa shape index (κ3) is 2.71. The van der Waals surface area contributed by atoms with Gasteiger partial charge in [-0.15, -0.1) is 10.2 Å². The van der Waals surface area contributed by atoms with Gasteiger partial charge < -0.3 is 0 Å². The van der Waals surface area contributed by atoms with Crippen LogP contribution in [0.1, 0.15) is 19.3 Å². The molecule has 0 spiro atoms. The van der Waals surface area contributed by atoms with Crippen molar-refractivity contribution in [2.24, 2.45) is 5.92 Å². The van der Waals surface area contributed by atoms with Gasteiger partial charge in [-0.25, -0.2) is 4.39 Å². The number of fused-ring (bicyclic) bond motifs is 1. The molecule has 5 nitrogen and oxygen atoms in total. The van der Waals surface area contributed by atoms with Gasteiger partial charge in [-0.1, -0.05) is 29.8 Å². The van der Waals surface area contributed by atoms with E-state index in [-0.39, 0.29) is 16.2 Å². The van der Waals surface area contributed by atoms with Gasteiger partial charge in [0, 0.05) is 18.1 Å². The van der Waals surface area contributed by atoms with Crippen molar-refractivity contribution in [1.29, 1.82) is 0 Å². The van der Waals surface area contributed by atoms with E-state index in [1.807, 2.05) is 0 Å². The molecular formula is C16H14ClFN4OS. The lowest BCUT2D eigenvalue weighted by atomic mass is 9.87. The predicted molar refractivity (Wildman–Crippen MR) is 91.6 cm³/mol. The van der Waals surface area contributed by atoms with E-state index in [1.165, 1.54) is 42.0 Å². The first-order valence-corrected chi connectivity index (χ1v) is 9.04. The van der Waals surface area contributed by atoms with E-state index in [2.05, 4.69) is 10.2 Å². The first kappa shape index (κ1) is 15.7. The minimum atomic E-state index is -0.522. The normalized spacial score (nSPS) is 14.9. The van der Waals surface area contributed by atoms with Crippen molar-refractivity contribution in [3.8, 4) is 5.69 Å². The third-order valence-corrected chi connectivity index (χ3v) is 5.76. The summed E-state index contributed by atoms with van der Waals surface area (Å²) in [5, 5.41) is 8.84. The van der Waals surface area contributed by atoms with Crippen molar-refractivity contribution in [1.82, 2.24) is 19.2 Å². The summed E-state index contributed by atoms with van der Waals surface area (Å²) in [7, 11) is 0. The zero-order chi connectivity index (χ0) is 16.7. The van der Waals surface area contributed by atoms with Gasteiger partial charge in [-0.2, -0.15) is 0 Å². The summed E-state index contributed by atoms with van der Waals surface area (Å²) in [4.78, 5) is 12.6. The maximum absolute atomic E-state index is 13.3. The predicted octanol–water partition coefficient (Wildman–Crippen LogP) is 3.56. The summed E-state index contributed by atoms with van der Waals surface area (Å²) >= 11 is 7.43. The zero-order valence-electron chi connectivity index (χ0n) is 12.7. The fraction of sp³-hybridized carbons (Fsp3) is 0.312. The molecule has 3 aromatic rings.